The van der Waals surface area contributed by atoms with E-state index in [1.165, 1.54) is 12.1 Å². The van der Waals surface area contributed by atoms with Crippen LogP contribution in [0.3, 0.4) is 0 Å². The van der Waals surface area contributed by atoms with E-state index in [1.54, 1.807) is 11.8 Å². The Labute approximate surface area is 243 Å². The molecule has 10 nitrogen and oxygen atoms in total. The summed E-state index contributed by atoms with van der Waals surface area (Å²) in [5.74, 6) is -1.53. The number of methoxy groups -OCH3 is 1. The van der Waals surface area contributed by atoms with E-state index in [2.05, 4.69) is 20.6 Å². The zero-order valence-corrected chi connectivity index (χ0v) is 24.2. The third-order valence-corrected chi connectivity index (χ3v) is 7.42. The Kier molecular flexibility index (Phi) is 9.07. The van der Waals surface area contributed by atoms with Gasteiger partial charge in [-0.3, -0.25) is 10.2 Å². The van der Waals surface area contributed by atoms with Gasteiger partial charge in [0.1, 0.15) is 30.2 Å². The molecule has 0 spiro atoms. The van der Waals surface area contributed by atoms with Crippen molar-refractivity contribution in [3.05, 3.63) is 71.3 Å². The summed E-state index contributed by atoms with van der Waals surface area (Å²) in [6.07, 6.45) is -0.256. The highest BCUT2D eigenvalue weighted by Gasteiger charge is 2.36. The minimum Gasteiger partial charge on any atom is -0.473 e. The summed E-state index contributed by atoms with van der Waals surface area (Å²) in [4.78, 5) is 15.6. The van der Waals surface area contributed by atoms with Gasteiger partial charge in [0.25, 0.3) is 0 Å². The summed E-state index contributed by atoms with van der Waals surface area (Å²) >= 11 is 0. The normalized spacial score (nSPS) is 21.9. The monoisotopic (exact) mass is 585 g/mol. The number of carbonyl (C=O) groups is 1. The molecule has 1 aromatic heterocycles. The molecule has 5 rings (SSSR count). The molecule has 3 aromatic rings. The van der Waals surface area contributed by atoms with E-state index in [1.807, 2.05) is 51.1 Å². The second-order valence-electron chi connectivity index (χ2n) is 11.1. The van der Waals surface area contributed by atoms with E-state index in [9.17, 15) is 13.6 Å². The lowest BCUT2D eigenvalue weighted by atomic mass is 9.94. The standard InChI is InChI=1S/C30H37F2N5O5/c1-19-27(37(23-8-6-5-7-9-23)35-28(19)40-17-24-18-41-30(2,3)42-24)34-29(38)33-26-16-36(10-11-39-4)15-25(26)20-12-21(31)14-22(32)13-20/h5-9,12-14,24-26H,10-11,15-18H2,1-4H3,(H2,33,34,38)/t24-,25+,26-/m1/s1. The van der Waals surface area contributed by atoms with Crippen molar-refractivity contribution in [2.75, 3.05) is 51.9 Å². The first kappa shape index (κ1) is 29.9. The molecule has 2 N–H and O–H groups in total. The Bertz CT molecular complexity index is 1370. The molecule has 2 aliphatic heterocycles. The molecular formula is C30H37F2N5O5. The first-order valence-electron chi connectivity index (χ1n) is 14.0. The van der Waals surface area contributed by atoms with Gasteiger partial charge in [0.2, 0.25) is 5.88 Å². The number of rotatable bonds is 10. The highest BCUT2D eigenvalue weighted by Crippen LogP contribution is 2.31. The molecular weight excluding hydrogens is 548 g/mol. The van der Waals surface area contributed by atoms with Crippen molar-refractivity contribution in [2.45, 2.75) is 44.6 Å². The fourth-order valence-electron chi connectivity index (χ4n) is 5.41. The lowest BCUT2D eigenvalue weighted by Gasteiger charge is -2.21. The number of benzene rings is 2. The minimum atomic E-state index is -0.675. The van der Waals surface area contributed by atoms with Gasteiger partial charge in [-0.2, -0.15) is 0 Å². The van der Waals surface area contributed by atoms with Crippen LogP contribution in [-0.2, 0) is 14.2 Å². The lowest BCUT2D eigenvalue weighted by molar-refractivity contribution is -0.141. The average molecular weight is 586 g/mol. The second kappa shape index (κ2) is 12.7. The summed E-state index contributed by atoms with van der Waals surface area (Å²) in [5, 5.41) is 10.6. The van der Waals surface area contributed by atoms with E-state index in [0.29, 0.717) is 55.7 Å². The van der Waals surface area contributed by atoms with E-state index < -0.39 is 29.5 Å². The number of hydrogen-bond donors (Lipinski definition) is 2. The summed E-state index contributed by atoms with van der Waals surface area (Å²) in [5.41, 5.74) is 1.84. The molecule has 42 heavy (non-hydrogen) atoms. The Morgan fingerprint density at radius 3 is 2.55 bits per heavy atom. The number of anilines is 1. The van der Waals surface area contributed by atoms with Gasteiger partial charge in [0.05, 0.1) is 30.5 Å². The summed E-state index contributed by atoms with van der Waals surface area (Å²) < 4.78 is 52.5. The smallest absolute Gasteiger partial charge is 0.320 e. The molecule has 0 saturated carbocycles. The predicted molar refractivity (Wildman–Crippen MR) is 152 cm³/mol. The van der Waals surface area contributed by atoms with Crippen LogP contribution in [0.15, 0.2) is 48.5 Å². The molecule has 3 heterocycles. The van der Waals surface area contributed by atoms with Crippen LogP contribution in [-0.4, -0.2) is 85.2 Å². The van der Waals surface area contributed by atoms with Crippen LogP contribution >= 0.6 is 0 Å². The van der Waals surface area contributed by atoms with Crippen molar-refractivity contribution in [2.24, 2.45) is 0 Å². The van der Waals surface area contributed by atoms with Crippen LogP contribution < -0.4 is 15.4 Å². The summed E-state index contributed by atoms with van der Waals surface area (Å²) in [6.45, 7) is 8.26. The largest absolute Gasteiger partial charge is 0.473 e. The number of para-hydroxylation sites is 1. The predicted octanol–water partition coefficient (Wildman–Crippen LogP) is 4.23. The van der Waals surface area contributed by atoms with Crippen LogP contribution in [0.1, 0.15) is 30.9 Å². The van der Waals surface area contributed by atoms with E-state index in [4.69, 9.17) is 18.9 Å². The summed E-state index contributed by atoms with van der Waals surface area (Å²) in [7, 11) is 1.62. The zero-order valence-electron chi connectivity index (χ0n) is 24.2. The Balaban J connectivity index is 1.35. The third-order valence-electron chi connectivity index (χ3n) is 7.42. The quantitative estimate of drug-likeness (QED) is 0.368. The molecule has 0 radical (unpaired) electrons. The van der Waals surface area contributed by atoms with Crippen molar-refractivity contribution in [3.8, 4) is 11.6 Å². The number of urea groups is 1. The van der Waals surface area contributed by atoms with E-state index >= 15 is 0 Å². The highest BCUT2D eigenvalue weighted by atomic mass is 19.1. The van der Waals surface area contributed by atoms with Gasteiger partial charge < -0.3 is 24.3 Å². The average Bonchev–Trinajstić information content (AvgIpc) is 3.61. The van der Waals surface area contributed by atoms with Gasteiger partial charge in [-0.05, 0) is 50.6 Å². The number of carbonyl (C=O) groups excluding carboxylic acids is 1. The van der Waals surface area contributed by atoms with Crippen molar-refractivity contribution in [1.82, 2.24) is 20.0 Å². The number of halogens is 2. The van der Waals surface area contributed by atoms with Gasteiger partial charge in [0.15, 0.2) is 5.79 Å². The molecule has 226 valence electrons. The fourth-order valence-corrected chi connectivity index (χ4v) is 5.41. The van der Waals surface area contributed by atoms with Gasteiger partial charge in [-0.25, -0.2) is 18.3 Å². The summed E-state index contributed by atoms with van der Waals surface area (Å²) in [6, 6.07) is 12.0. The van der Waals surface area contributed by atoms with Crippen LogP contribution in [0.2, 0.25) is 0 Å². The maximum atomic E-state index is 14.1. The molecule has 2 fully saturated rings. The number of ether oxygens (including phenoxy) is 4. The van der Waals surface area contributed by atoms with Crippen LogP contribution in [0.5, 0.6) is 5.88 Å². The van der Waals surface area contributed by atoms with Crippen LogP contribution in [0.4, 0.5) is 19.4 Å². The molecule has 0 bridgehead atoms. The van der Waals surface area contributed by atoms with Crippen molar-refractivity contribution < 1.29 is 32.5 Å². The number of nitrogens with one attached hydrogen (secondary N) is 2. The molecule has 0 aliphatic carbocycles. The minimum absolute atomic E-state index is 0.229. The van der Waals surface area contributed by atoms with Gasteiger partial charge in [0, 0.05) is 38.7 Å². The Morgan fingerprint density at radius 2 is 1.88 bits per heavy atom. The Hall–Kier alpha value is -3.58. The third kappa shape index (κ3) is 7.06. The number of hydrogen-bond acceptors (Lipinski definition) is 7. The van der Waals surface area contributed by atoms with Crippen molar-refractivity contribution >= 4 is 11.8 Å². The van der Waals surface area contributed by atoms with Gasteiger partial charge >= 0.3 is 6.03 Å². The first-order chi connectivity index (χ1) is 20.1. The molecule has 0 unspecified atom stereocenters. The molecule has 12 heteroatoms. The topological polar surface area (TPSA) is 99.1 Å². The number of aromatic nitrogens is 2. The molecule has 3 atom stereocenters. The number of amides is 2. The van der Waals surface area contributed by atoms with Crippen molar-refractivity contribution in [3.63, 3.8) is 0 Å². The van der Waals surface area contributed by atoms with E-state index in [-0.39, 0.29) is 18.6 Å². The van der Waals surface area contributed by atoms with Crippen molar-refractivity contribution in [1.29, 1.82) is 0 Å². The van der Waals surface area contributed by atoms with Gasteiger partial charge in [-0.15, -0.1) is 5.10 Å². The van der Waals surface area contributed by atoms with Crippen LogP contribution in [0, 0.1) is 18.6 Å². The Morgan fingerprint density at radius 1 is 1.14 bits per heavy atom. The maximum Gasteiger partial charge on any atom is 0.320 e. The fraction of sp³-hybridized carbons (Fsp3) is 0.467. The zero-order chi connectivity index (χ0) is 29.9. The van der Waals surface area contributed by atoms with Crippen LogP contribution in [0.25, 0.3) is 5.69 Å². The first-order valence-corrected chi connectivity index (χ1v) is 14.0. The maximum absolute atomic E-state index is 14.1. The van der Waals surface area contributed by atoms with E-state index in [0.717, 1.165) is 11.8 Å². The molecule has 2 amide bonds. The van der Waals surface area contributed by atoms with Gasteiger partial charge in [-0.1, -0.05) is 18.2 Å². The molecule has 2 aliphatic rings. The molecule has 2 saturated heterocycles. The number of nitrogens with zero attached hydrogens (tertiary/aromatic N) is 3. The highest BCUT2D eigenvalue weighted by molar-refractivity contribution is 5.90. The number of likely N-dealkylation sites (tertiary alicyclic amines) is 1. The molecule has 2 aromatic carbocycles. The second-order valence-corrected chi connectivity index (χ2v) is 11.1. The SMILES string of the molecule is COCCN1C[C@@H](NC(=O)Nc2c(C)c(OC[C@@H]3COC(C)(C)O3)nn2-c2ccccc2)[C@H](c2cc(F)cc(F)c2)C1. The lowest BCUT2D eigenvalue weighted by Crippen LogP contribution is -2.42.